The number of nitrogens with one attached hydrogen (secondary N) is 1. The van der Waals surface area contributed by atoms with Gasteiger partial charge in [-0.15, -0.1) is 0 Å². The van der Waals surface area contributed by atoms with Crippen molar-refractivity contribution in [1.82, 2.24) is 14.3 Å². The molecule has 0 amide bonds. The maximum atomic E-state index is 6.49. The molecule has 1 N–H and O–H groups in total. The van der Waals surface area contributed by atoms with Crippen LogP contribution in [-0.2, 0) is 13.1 Å². The van der Waals surface area contributed by atoms with Gasteiger partial charge in [-0.1, -0.05) is 41.9 Å². The summed E-state index contributed by atoms with van der Waals surface area (Å²) in [4.78, 5) is 4.51. The number of nitrogens with zero attached hydrogens (tertiary/aromatic N) is 2. The minimum Gasteiger partial charge on any atom is -0.309 e. The fourth-order valence-electron chi connectivity index (χ4n) is 2.19. The molecule has 6 heteroatoms. The van der Waals surface area contributed by atoms with E-state index in [-0.39, 0.29) is 0 Å². The van der Waals surface area contributed by atoms with Crippen LogP contribution in [0.25, 0.3) is 11.0 Å². The van der Waals surface area contributed by atoms with Gasteiger partial charge in [0.1, 0.15) is 0 Å². The molecular formula is C15H13ClIN3S. The molecule has 0 aliphatic heterocycles. The Morgan fingerprint density at radius 1 is 1.19 bits per heavy atom. The van der Waals surface area contributed by atoms with E-state index >= 15 is 0 Å². The van der Waals surface area contributed by atoms with Crippen LogP contribution < -0.4 is 5.32 Å². The van der Waals surface area contributed by atoms with Gasteiger partial charge in [0, 0.05) is 66.8 Å². The van der Waals surface area contributed by atoms with Crippen molar-refractivity contribution in [2.45, 2.75) is 13.1 Å². The third kappa shape index (κ3) is 3.36. The minimum atomic E-state index is 0.708. The van der Waals surface area contributed by atoms with Crippen LogP contribution in [0.15, 0.2) is 48.8 Å². The molecule has 0 bridgehead atoms. The molecule has 0 aliphatic rings. The number of pyridine rings is 1. The average Bonchev–Trinajstić information content (AvgIpc) is 2.94. The van der Waals surface area contributed by atoms with Gasteiger partial charge in [0.25, 0.3) is 0 Å². The van der Waals surface area contributed by atoms with Gasteiger partial charge in [0.15, 0.2) is 5.65 Å². The highest BCUT2D eigenvalue weighted by molar-refractivity contribution is 14.2. The molecule has 0 aliphatic carbocycles. The molecule has 0 radical (unpaired) electrons. The summed E-state index contributed by atoms with van der Waals surface area (Å²) in [5.74, 6) is 0. The Bertz CT molecular complexity index is 745. The van der Waals surface area contributed by atoms with Crippen LogP contribution >= 0.6 is 41.9 Å². The molecular weight excluding hydrogens is 417 g/mol. The zero-order chi connectivity index (χ0) is 14.7. The van der Waals surface area contributed by atoms with Crippen LogP contribution in [0, 0.1) is 0 Å². The van der Waals surface area contributed by atoms with Crippen LogP contribution in [0.3, 0.4) is 0 Å². The molecule has 0 fully saturated rings. The molecule has 3 rings (SSSR count). The number of hydrogen-bond donors (Lipinski definition) is 1. The maximum Gasteiger partial charge on any atom is 0.152 e. The Hall–Kier alpha value is -0.760. The van der Waals surface area contributed by atoms with Crippen molar-refractivity contribution >= 4 is 53.0 Å². The van der Waals surface area contributed by atoms with Crippen LogP contribution in [0.5, 0.6) is 0 Å². The average molecular weight is 430 g/mol. The van der Waals surface area contributed by atoms with Crippen molar-refractivity contribution in [3.05, 3.63) is 64.9 Å². The predicted molar refractivity (Wildman–Crippen MR) is 98.7 cm³/mol. The van der Waals surface area contributed by atoms with E-state index < -0.39 is 0 Å². The summed E-state index contributed by atoms with van der Waals surface area (Å²) < 4.78 is 2.00. The summed E-state index contributed by atoms with van der Waals surface area (Å²) in [6.45, 7) is 1.53. The number of halogens is 2. The van der Waals surface area contributed by atoms with Gasteiger partial charge < -0.3 is 5.32 Å². The molecule has 0 spiro atoms. The van der Waals surface area contributed by atoms with Crippen molar-refractivity contribution in [3.8, 4) is 0 Å². The van der Waals surface area contributed by atoms with E-state index in [1.165, 1.54) is 5.56 Å². The lowest BCUT2D eigenvalue weighted by Gasteiger charge is -2.08. The zero-order valence-corrected chi connectivity index (χ0v) is 14.8. The lowest BCUT2D eigenvalue weighted by atomic mass is 10.2. The Balaban J connectivity index is 1.74. The summed E-state index contributed by atoms with van der Waals surface area (Å²) >= 11 is 8.72. The standard InChI is InChI=1S/C15H13ClIN3S/c16-14-12(9-18-8-11-4-2-1-3-5-11)10-19-15-13(14)6-7-20(15)21-17/h1-7,10,18H,8-9H2. The van der Waals surface area contributed by atoms with Crippen LogP contribution in [-0.4, -0.2) is 8.96 Å². The van der Waals surface area contributed by atoms with Crippen LogP contribution in [0.1, 0.15) is 11.1 Å². The largest absolute Gasteiger partial charge is 0.309 e. The molecule has 0 saturated heterocycles. The predicted octanol–water partition coefficient (Wildman–Crippen LogP) is 4.83. The molecule has 3 nitrogen and oxygen atoms in total. The summed E-state index contributed by atoms with van der Waals surface area (Å²) in [7, 11) is 1.58. The second-order valence-corrected chi connectivity index (χ2v) is 6.73. The van der Waals surface area contributed by atoms with Gasteiger partial charge in [-0.3, -0.25) is 3.97 Å². The minimum absolute atomic E-state index is 0.708. The number of aromatic nitrogens is 2. The summed E-state index contributed by atoms with van der Waals surface area (Å²) in [5, 5.41) is 5.19. The maximum absolute atomic E-state index is 6.49. The van der Waals surface area contributed by atoms with Crippen molar-refractivity contribution in [2.24, 2.45) is 0 Å². The van der Waals surface area contributed by atoms with E-state index in [1.54, 1.807) is 9.12 Å². The van der Waals surface area contributed by atoms with Gasteiger partial charge in [0.2, 0.25) is 0 Å². The highest BCUT2D eigenvalue weighted by Crippen LogP contribution is 2.30. The quantitative estimate of drug-likeness (QED) is 0.589. The molecule has 0 unspecified atom stereocenters. The van der Waals surface area contributed by atoms with Crippen molar-refractivity contribution < 1.29 is 0 Å². The summed E-state index contributed by atoms with van der Waals surface area (Å²) in [5.41, 5.74) is 3.19. The first kappa shape index (κ1) is 15.1. The Labute approximate surface area is 144 Å². The van der Waals surface area contributed by atoms with E-state index in [0.29, 0.717) is 6.54 Å². The molecule has 108 valence electrons. The third-order valence-electron chi connectivity index (χ3n) is 3.25. The topological polar surface area (TPSA) is 29.9 Å². The second kappa shape index (κ2) is 7.00. The van der Waals surface area contributed by atoms with E-state index in [9.17, 15) is 0 Å². The lowest BCUT2D eigenvalue weighted by molar-refractivity contribution is 0.692. The SMILES string of the molecule is Clc1c(CNCc2ccccc2)cnc2c1ccn2SI. The monoisotopic (exact) mass is 429 g/mol. The van der Waals surface area contributed by atoms with E-state index in [0.717, 1.165) is 28.2 Å². The first-order chi connectivity index (χ1) is 10.3. The van der Waals surface area contributed by atoms with Gasteiger partial charge in [-0.2, -0.15) is 0 Å². The van der Waals surface area contributed by atoms with Crippen LogP contribution in [0.2, 0.25) is 5.02 Å². The van der Waals surface area contributed by atoms with Crippen molar-refractivity contribution in [1.29, 1.82) is 0 Å². The fraction of sp³-hybridized carbons (Fsp3) is 0.133. The molecule has 2 aromatic heterocycles. The first-order valence-corrected chi connectivity index (χ1v) is 10.2. The summed E-state index contributed by atoms with van der Waals surface area (Å²) in [6.07, 6.45) is 3.84. The van der Waals surface area contributed by atoms with Crippen LogP contribution in [0.4, 0.5) is 0 Å². The van der Waals surface area contributed by atoms with Gasteiger partial charge in [0.05, 0.1) is 5.02 Å². The van der Waals surface area contributed by atoms with Gasteiger partial charge >= 0.3 is 0 Å². The Morgan fingerprint density at radius 2 is 2.00 bits per heavy atom. The Kier molecular flexibility index (Phi) is 5.05. The number of benzene rings is 1. The van der Waals surface area contributed by atoms with E-state index in [1.807, 2.05) is 40.6 Å². The van der Waals surface area contributed by atoms with Gasteiger partial charge in [-0.25, -0.2) is 4.98 Å². The number of fused-ring (bicyclic) bond motifs is 1. The van der Waals surface area contributed by atoms with Crippen molar-refractivity contribution in [3.63, 3.8) is 0 Å². The summed E-state index contributed by atoms with van der Waals surface area (Å²) in [6, 6.07) is 12.3. The highest BCUT2D eigenvalue weighted by Gasteiger charge is 2.10. The van der Waals surface area contributed by atoms with E-state index in [4.69, 9.17) is 11.6 Å². The number of hydrogen-bond acceptors (Lipinski definition) is 3. The first-order valence-electron chi connectivity index (χ1n) is 6.48. The highest BCUT2D eigenvalue weighted by atomic mass is 127. The molecule has 2 heterocycles. The normalized spacial score (nSPS) is 11.1. The molecule has 1 aromatic carbocycles. The molecule has 0 atom stereocenters. The fourth-order valence-corrected chi connectivity index (χ4v) is 3.72. The lowest BCUT2D eigenvalue weighted by Crippen LogP contribution is -2.13. The van der Waals surface area contributed by atoms with E-state index in [2.05, 4.69) is 43.6 Å². The molecule has 21 heavy (non-hydrogen) atoms. The third-order valence-corrected chi connectivity index (χ3v) is 5.41. The van der Waals surface area contributed by atoms with Crippen molar-refractivity contribution in [2.75, 3.05) is 0 Å². The molecule has 3 aromatic rings. The zero-order valence-electron chi connectivity index (χ0n) is 11.1. The molecule has 0 saturated carbocycles. The number of rotatable bonds is 5. The smallest absolute Gasteiger partial charge is 0.152 e. The second-order valence-electron chi connectivity index (χ2n) is 4.63. The van der Waals surface area contributed by atoms with Gasteiger partial charge in [-0.05, 0) is 11.6 Å². The Morgan fingerprint density at radius 3 is 2.76 bits per heavy atom.